The average molecular weight is 202 g/mol. The largest absolute Gasteiger partial charge is 0.247 e. The van der Waals surface area contributed by atoms with Gasteiger partial charge < -0.3 is 0 Å². The smallest absolute Gasteiger partial charge is 0.103 e. The lowest BCUT2D eigenvalue weighted by Gasteiger charge is -2.15. The molecule has 0 N–H and O–H groups in total. The second kappa shape index (κ2) is 9.48. The van der Waals surface area contributed by atoms with Gasteiger partial charge in [0.25, 0.3) is 0 Å². The van der Waals surface area contributed by atoms with E-state index in [9.17, 15) is 4.39 Å². The Morgan fingerprint density at radius 2 is 1.50 bits per heavy atom. The first-order chi connectivity index (χ1) is 6.72. The van der Waals surface area contributed by atoms with Crippen LogP contribution in [-0.2, 0) is 0 Å². The summed E-state index contributed by atoms with van der Waals surface area (Å²) < 4.78 is 13.5. The summed E-state index contributed by atoms with van der Waals surface area (Å²) >= 11 is 0. The summed E-state index contributed by atoms with van der Waals surface area (Å²) in [6.07, 6.45) is 8.43. The first kappa shape index (κ1) is 13.9. The van der Waals surface area contributed by atoms with Gasteiger partial charge in [-0.25, -0.2) is 4.39 Å². The van der Waals surface area contributed by atoms with Gasteiger partial charge in [0.05, 0.1) is 0 Å². The Balaban J connectivity index is 3.36. The van der Waals surface area contributed by atoms with Gasteiger partial charge in [0.1, 0.15) is 6.17 Å². The van der Waals surface area contributed by atoms with E-state index in [1.165, 1.54) is 32.1 Å². The van der Waals surface area contributed by atoms with Gasteiger partial charge in [0.2, 0.25) is 0 Å². The summed E-state index contributed by atoms with van der Waals surface area (Å²) in [5.74, 6) is 0.275. The molecule has 0 aromatic rings. The molecule has 0 aliphatic heterocycles. The van der Waals surface area contributed by atoms with Crippen molar-refractivity contribution in [2.45, 2.75) is 78.3 Å². The summed E-state index contributed by atoms with van der Waals surface area (Å²) in [5, 5.41) is 0. The molecule has 0 aliphatic rings. The molecule has 2 unspecified atom stereocenters. The first-order valence-corrected chi connectivity index (χ1v) is 6.36. The minimum atomic E-state index is -0.557. The number of hydrogen-bond acceptors (Lipinski definition) is 0. The molecule has 0 heterocycles. The second-order valence-corrected chi connectivity index (χ2v) is 4.48. The molecular weight excluding hydrogens is 175 g/mol. The van der Waals surface area contributed by atoms with Crippen molar-refractivity contribution >= 4 is 0 Å². The molecule has 0 radical (unpaired) electrons. The van der Waals surface area contributed by atoms with Crippen molar-refractivity contribution in [3.05, 3.63) is 0 Å². The molecule has 0 spiro atoms. The number of halogens is 1. The van der Waals surface area contributed by atoms with Crippen molar-refractivity contribution in [3.63, 3.8) is 0 Å². The van der Waals surface area contributed by atoms with E-state index >= 15 is 0 Å². The predicted octanol–water partition coefficient (Wildman–Crippen LogP) is 5.12. The van der Waals surface area contributed by atoms with Gasteiger partial charge in [-0.15, -0.1) is 0 Å². The average Bonchev–Trinajstić information content (AvgIpc) is 2.20. The van der Waals surface area contributed by atoms with E-state index in [1.54, 1.807) is 0 Å². The van der Waals surface area contributed by atoms with Crippen LogP contribution in [0.25, 0.3) is 0 Å². The van der Waals surface area contributed by atoms with Crippen LogP contribution in [0.5, 0.6) is 0 Å². The highest BCUT2D eigenvalue weighted by atomic mass is 19.1. The minimum absolute atomic E-state index is 0.275. The first-order valence-electron chi connectivity index (χ1n) is 6.36. The maximum Gasteiger partial charge on any atom is 0.103 e. The fourth-order valence-electron chi connectivity index (χ4n) is 1.76. The molecule has 0 rings (SSSR count). The van der Waals surface area contributed by atoms with Crippen molar-refractivity contribution in [1.82, 2.24) is 0 Å². The lowest BCUT2D eigenvalue weighted by Crippen LogP contribution is -2.12. The molecule has 0 fully saturated rings. The summed E-state index contributed by atoms with van der Waals surface area (Å²) in [4.78, 5) is 0. The zero-order valence-electron chi connectivity index (χ0n) is 10.2. The Hall–Kier alpha value is -0.0700. The molecule has 0 aromatic carbocycles. The van der Waals surface area contributed by atoms with Crippen LogP contribution in [0.4, 0.5) is 4.39 Å². The zero-order valence-corrected chi connectivity index (χ0v) is 10.2. The molecule has 0 saturated heterocycles. The molecule has 0 aliphatic carbocycles. The van der Waals surface area contributed by atoms with Crippen molar-refractivity contribution in [1.29, 1.82) is 0 Å². The van der Waals surface area contributed by atoms with E-state index in [1.807, 2.05) is 0 Å². The second-order valence-electron chi connectivity index (χ2n) is 4.48. The normalized spacial score (nSPS) is 15.4. The Kier molecular flexibility index (Phi) is 9.44. The van der Waals surface area contributed by atoms with E-state index in [0.717, 1.165) is 19.3 Å². The highest BCUT2D eigenvalue weighted by Crippen LogP contribution is 2.20. The Labute approximate surface area is 89.3 Å². The quantitative estimate of drug-likeness (QED) is 0.455. The van der Waals surface area contributed by atoms with Crippen LogP contribution in [0.3, 0.4) is 0 Å². The van der Waals surface area contributed by atoms with Crippen LogP contribution in [0.2, 0.25) is 0 Å². The molecule has 0 amide bonds. The van der Waals surface area contributed by atoms with Gasteiger partial charge >= 0.3 is 0 Å². The monoisotopic (exact) mass is 202 g/mol. The fourth-order valence-corrected chi connectivity index (χ4v) is 1.76. The minimum Gasteiger partial charge on any atom is -0.247 e. The van der Waals surface area contributed by atoms with Crippen molar-refractivity contribution in [3.8, 4) is 0 Å². The zero-order chi connectivity index (χ0) is 10.8. The number of alkyl halides is 1. The number of unbranched alkanes of at least 4 members (excludes halogenated alkanes) is 4. The summed E-state index contributed by atoms with van der Waals surface area (Å²) in [6.45, 7) is 6.41. The standard InChI is InChI=1S/C13H27F/c1-4-6-8-9-11-13(14)12(3)10-7-5-2/h12-13H,4-11H2,1-3H3. The third-order valence-electron chi connectivity index (χ3n) is 2.96. The number of rotatable bonds is 9. The molecule has 1 heteroatoms. The third kappa shape index (κ3) is 7.34. The lowest BCUT2D eigenvalue weighted by atomic mass is 9.95. The van der Waals surface area contributed by atoms with E-state index < -0.39 is 6.17 Å². The highest BCUT2D eigenvalue weighted by molar-refractivity contribution is 4.65. The Morgan fingerprint density at radius 3 is 2.07 bits per heavy atom. The van der Waals surface area contributed by atoms with Crippen LogP contribution in [0, 0.1) is 5.92 Å². The Bertz CT molecular complexity index is 112. The van der Waals surface area contributed by atoms with Gasteiger partial charge in [-0.05, 0) is 18.8 Å². The van der Waals surface area contributed by atoms with Gasteiger partial charge in [-0.3, -0.25) is 0 Å². The van der Waals surface area contributed by atoms with Crippen LogP contribution in [0.15, 0.2) is 0 Å². The third-order valence-corrected chi connectivity index (χ3v) is 2.96. The van der Waals surface area contributed by atoms with Crippen molar-refractivity contribution in [2.24, 2.45) is 5.92 Å². The molecule has 0 aromatic heterocycles. The maximum atomic E-state index is 13.5. The van der Waals surface area contributed by atoms with Crippen LogP contribution >= 0.6 is 0 Å². The molecule has 2 atom stereocenters. The lowest BCUT2D eigenvalue weighted by molar-refractivity contribution is 0.209. The van der Waals surface area contributed by atoms with E-state index in [4.69, 9.17) is 0 Å². The molecule has 0 nitrogen and oxygen atoms in total. The van der Waals surface area contributed by atoms with Gasteiger partial charge in [0, 0.05) is 0 Å². The topological polar surface area (TPSA) is 0 Å². The van der Waals surface area contributed by atoms with Crippen LogP contribution in [-0.4, -0.2) is 6.17 Å². The molecule has 0 saturated carbocycles. The molecular formula is C13H27F. The fraction of sp³-hybridized carbons (Fsp3) is 1.00. The summed E-state index contributed by atoms with van der Waals surface area (Å²) in [7, 11) is 0. The summed E-state index contributed by atoms with van der Waals surface area (Å²) in [5.41, 5.74) is 0. The van der Waals surface area contributed by atoms with E-state index in [0.29, 0.717) is 0 Å². The van der Waals surface area contributed by atoms with Crippen LogP contribution < -0.4 is 0 Å². The van der Waals surface area contributed by atoms with Crippen molar-refractivity contribution in [2.75, 3.05) is 0 Å². The van der Waals surface area contributed by atoms with Gasteiger partial charge in [0.15, 0.2) is 0 Å². The molecule has 0 bridgehead atoms. The molecule has 14 heavy (non-hydrogen) atoms. The number of hydrogen-bond donors (Lipinski definition) is 0. The maximum absolute atomic E-state index is 13.5. The van der Waals surface area contributed by atoms with Gasteiger partial charge in [-0.2, -0.15) is 0 Å². The van der Waals surface area contributed by atoms with Crippen molar-refractivity contribution < 1.29 is 4.39 Å². The van der Waals surface area contributed by atoms with E-state index in [-0.39, 0.29) is 5.92 Å². The van der Waals surface area contributed by atoms with E-state index in [2.05, 4.69) is 20.8 Å². The van der Waals surface area contributed by atoms with Gasteiger partial charge in [-0.1, -0.05) is 59.3 Å². The Morgan fingerprint density at radius 1 is 0.857 bits per heavy atom. The SMILES string of the molecule is CCCCCCC(F)C(C)CCCC. The summed E-state index contributed by atoms with van der Waals surface area (Å²) in [6, 6.07) is 0. The molecule has 86 valence electrons. The van der Waals surface area contributed by atoms with Crippen LogP contribution in [0.1, 0.15) is 72.1 Å². The predicted molar refractivity (Wildman–Crippen MR) is 62.3 cm³/mol. The highest BCUT2D eigenvalue weighted by Gasteiger charge is 2.14.